The van der Waals surface area contributed by atoms with Crippen LogP contribution in [0.1, 0.15) is 59.7 Å². The molecule has 2 aromatic carbocycles. The van der Waals surface area contributed by atoms with Crippen molar-refractivity contribution in [1.82, 2.24) is 29.9 Å². The van der Waals surface area contributed by atoms with E-state index in [1.54, 1.807) is 56.1 Å². The first-order chi connectivity index (χ1) is 28.3. The number of amides is 2. The van der Waals surface area contributed by atoms with Crippen LogP contribution in [0.4, 0.5) is 5.95 Å². The Morgan fingerprint density at radius 3 is 2.29 bits per heavy atom. The maximum absolute atomic E-state index is 13.5. The fraction of sp³-hybridized carbons (Fsp3) is 0.475. The first kappa shape index (κ1) is 46.4. The molecule has 322 valence electrons. The number of hydrogen-bond acceptors (Lipinski definition) is 12. The average molecular weight is 842 g/mol. The van der Waals surface area contributed by atoms with E-state index >= 15 is 0 Å². The molecule has 4 rings (SSSR count). The normalized spacial score (nSPS) is 12.0. The van der Waals surface area contributed by atoms with Gasteiger partial charge in [-0.1, -0.05) is 13.0 Å². The van der Waals surface area contributed by atoms with Gasteiger partial charge in [0.1, 0.15) is 17.4 Å². The number of carbonyl (C=O) groups excluding carboxylic acids is 2. The van der Waals surface area contributed by atoms with Gasteiger partial charge in [0.05, 0.1) is 43.4 Å². The summed E-state index contributed by atoms with van der Waals surface area (Å²) in [6, 6.07) is 6.42. The molecule has 0 saturated carbocycles. The minimum Gasteiger partial charge on any atom is -0.494 e. The molecular weight excluding hydrogens is 787 g/mol. The van der Waals surface area contributed by atoms with Crippen LogP contribution in [0.5, 0.6) is 5.75 Å². The SMILES string of the molecule is CCCOCCOCCOCCCNC(=O)CCCOc1cc(C)c(S(=O)(=O)N[C@@H](CNC(=O)c2cn(C)c3cc(CNc4ncc[nH]4)ccc3c2=O)C(=O)O)c(C)c1. The molecule has 18 nitrogen and oxygen atoms in total. The lowest BCUT2D eigenvalue weighted by molar-refractivity contribution is -0.138. The first-order valence-corrected chi connectivity index (χ1v) is 20.9. The van der Waals surface area contributed by atoms with Crippen LogP contribution in [0.2, 0.25) is 0 Å². The van der Waals surface area contributed by atoms with Crippen LogP contribution in [0.25, 0.3) is 10.9 Å². The third-order valence-electron chi connectivity index (χ3n) is 8.92. The summed E-state index contributed by atoms with van der Waals surface area (Å²) in [6.45, 7) is 8.88. The molecule has 0 spiro atoms. The lowest BCUT2D eigenvalue weighted by Gasteiger charge is -2.19. The number of ether oxygens (including phenoxy) is 4. The van der Waals surface area contributed by atoms with Gasteiger partial charge in [-0.15, -0.1) is 0 Å². The highest BCUT2D eigenvalue weighted by atomic mass is 32.2. The quantitative estimate of drug-likeness (QED) is 0.0474. The summed E-state index contributed by atoms with van der Waals surface area (Å²) in [5.74, 6) is -1.55. The number of benzene rings is 2. The molecule has 2 heterocycles. The maximum Gasteiger partial charge on any atom is 0.323 e. The number of nitrogens with one attached hydrogen (secondary N) is 5. The number of pyridine rings is 1. The molecule has 0 bridgehead atoms. The molecule has 1 atom stereocenters. The predicted molar refractivity (Wildman–Crippen MR) is 220 cm³/mol. The molecule has 2 aromatic heterocycles. The summed E-state index contributed by atoms with van der Waals surface area (Å²) in [6.07, 6.45) is 6.94. The molecule has 0 aliphatic rings. The highest BCUT2D eigenvalue weighted by Crippen LogP contribution is 2.26. The van der Waals surface area contributed by atoms with E-state index in [4.69, 9.17) is 18.9 Å². The molecule has 19 heteroatoms. The molecule has 6 N–H and O–H groups in total. The minimum atomic E-state index is -4.41. The number of aliphatic carboxylic acids is 1. The minimum absolute atomic E-state index is 0.127. The van der Waals surface area contributed by atoms with Gasteiger partial charge in [-0.3, -0.25) is 19.2 Å². The Hall–Kier alpha value is -5.34. The number of anilines is 1. The topological polar surface area (TPSA) is 241 Å². The van der Waals surface area contributed by atoms with Crippen molar-refractivity contribution in [3.05, 3.63) is 81.4 Å². The lowest BCUT2D eigenvalue weighted by Crippen LogP contribution is -2.49. The third-order valence-corrected chi connectivity index (χ3v) is 10.7. The molecule has 0 aliphatic heterocycles. The zero-order valence-electron chi connectivity index (χ0n) is 33.9. The molecule has 2 amide bonds. The largest absolute Gasteiger partial charge is 0.494 e. The fourth-order valence-corrected chi connectivity index (χ4v) is 7.72. The van der Waals surface area contributed by atoms with Gasteiger partial charge < -0.3 is 49.6 Å². The van der Waals surface area contributed by atoms with E-state index in [-0.39, 0.29) is 34.8 Å². The average Bonchev–Trinajstić information content (AvgIpc) is 3.72. The van der Waals surface area contributed by atoms with Gasteiger partial charge in [0, 0.05) is 70.3 Å². The molecule has 0 saturated heterocycles. The van der Waals surface area contributed by atoms with Crippen molar-refractivity contribution < 1.29 is 46.9 Å². The van der Waals surface area contributed by atoms with E-state index in [0.29, 0.717) is 87.3 Å². The number of imidazole rings is 1. The van der Waals surface area contributed by atoms with Crippen LogP contribution >= 0.6 is 0 Å². The standard InChI is InChI=1S/C40H55N7O11S/c1-5-14-55-17-19-57-20-18-56-15-7-11-41-35(48)8-6-16-58-30-21-27(2)37(28(3)22-30)59(53,54)46-33(39(51)52)25-44-38(50)32-26-47(4)34-23-29(9-10-31(34)36(32)49)24-45-40-42-12-13-43-40/h9-10,12-13,21-23,26,33,46H,5-8,11,14-20,24-25H2,1-4H3,(H,41,48)(H,44,50)(H,51,52)(H2,42,43,45)/t33-/m0/s1. The Kier molecular flexibility index (Phi) is 18.3. The van der Waals surface area contributed by atoms with Gasteiger partial charge in [0.15, 0.2) is 5.95 Å². The molecule has 0 fully saturated rings. The number of aryl methyl sites for hydroxylation is 3. The van der Waals surface area contributed by atoms with Crippen LogP contribution in [0, 0.1) is 13.8 Å². The number of rotatable bonds is 27. The number of sulfonamides is 1. The molecular formula is C40H55N7O11S. The summed E-state index contributed by atoms with van der Waals surface area (Å²) in [5.41, 5.74) is 1.23. The molecule has 0 radical (unpaired) electrons. The summed E-state index contributed by atoms with van der Waals surface area (Å²) in [7, 11) is -2.74. The van der Waals surface area contributed by atoms with E-state index in [2.05, 4.69) is 30.6 Å². The number of nitrogens with zero attached hydrogens (tertiary/aromatic N) is 2. The van der Waals surface area contributed by atoms with Gasteiger partial charge in [-0.2, -0.15) is 4.72 Å². The van der Waals surface area contributed by atoms with Crippen molar-refractivity contribution in [2.24, 2.45) is 7.05 Å². The number of carbonyl (C=O) groups is 3. The van der Waals surface area contributed by atoms with Crippen molar-refractivity contribution in [2.45, 2.75) is 63.9 Å². The van der Waals surface area contributed by atoms with Crippen LogP contribution < -0.4 is 30.8 Å². The zero-order chi connectivity index (χ0) is 42.8. The van der Waals surface area contributed by atoms with E-state index in [1.165, 1.54) is 18.3 Å². The lowest BCUT2D eigenvalue weighted by atomic mass is 10.1. The Morgan fingerprint density at radius 1 is 0.932 bits per heavy atom. The van der Waals surface area contributed by atoms with Gasteiger partial charge in [-0.05, 0) is 74.1 Å². The maximum atomic E-state index is 13.5. The van der Waals surface area contributed by atoms with Gasteiger partial charge in [0.2, 0.25) is 21.4 Å². The van der Waals surface area contributed by atoms with Gasteiger partial charge >= 0.3 is 5.97 Å². The molecule has 59 heavy (non-hydrogen) atoms. The number of carboxylic acids is 1. The number of fused-ring (bicyclic) bond motifs is 1. The van der Waals surface area contributed by atoms with Crippen molar-refractivity contribution in [1.29, 1.82) is 0 Å². The number of aromatic amines is 1. The van der Waals surface area contributed by atoms with E-state index in [9.17, 15) is 32.7 Å². The Bertz CT molecular complexity index is 2150. The summed E-state index contributed by atoms with van der Waals surface area (Å²) < 4.78 is 52.9. The second-order valence-electron chi connectivity index (χ2n) is 13.7. The number of H-pyrrole nitrogens is 1. The van der Waals surface area contributed by atoms with Crippen molar-refractivity contribution in [3.63, 3.8) is 0 Å². The fourth-order valence-electron chi connectivity index (χ4n) is 6.08. The summed E-state index contributed by atoms with van der Waals surface area (Å²) in [5, 5.41) is 18.5. The van der Waals surface area contributed by atoms with Crippen LogP contribution in [-0.2, 0) is 47.4 Å². The predicted octanol–water partition coefficient (Wildman–Crippen LogP) is 2.78. The smallest absolute Gasteiger partial charge is 0.323 e. The van der Waals surface area contributed by atoms with E-state index in [0.717, 1.165) is 18.6 Å². The van der Waals surface area contributed by atoms with E-state index < -0.39 is 39.9 Å². The monoisotopic (exact) mass is 841 g/mol. The number of hydrogen-bond donors (Lipinski definition) is 6. The highest BCUT2D eigenvalue weighted by Gasteiger charge is 2.29. The third kappa shape index (κ3) is 14.5. The van der Waals surface area contributed by atoms with Crippen molar-refractivity contribution >= 4 is 44.7 Å². The van der Waals surface area contributed by atoms with Gasteiger partial charge in [0.25, 0.3) is 5.91 Å². The van der Waals surface area contributed by atoms with Crippen molar-refractivity contribution in [3.8, 4) is 5.75 Å². The molecule has 4 aromatic rings. The Morgan fingerprint density at radius 2 is 1.63 bits per heavy atom. The number of carboxylic acid groups (broad SMARTS) is 1. The Labute approximate surface area is 343 Å². The van der Waals surface area contributed by atoms with Crippen LogP contribution in [-0.4, -0.2) is 111 Å². The second kappa shape index (κ2) is 23.3. The van der Waals surface area contributed by atoms with Crippen LogP contribution in [0.15, 0.2) is 58.6 Å². The van der Waals surface area contributed by atoms with Crippen molar-refractivity contribution in [2.75, 3.05) is 64.7 Å². The zero-order valence-corrected chi connectivity index (χ0v) is 34.7. The number of aromatic nitrogens is 3. The summed E-state index contributed by atoms with van der Waals surface area (Å²) in [4.78, 5) is 57.8. The molecule has 0 aliphatic carbocycles. The highest BCUT2D eigenvalue weighted by molar-refractivity contribution is 7.89. The summed E-state index contributed by atoms with van der Waals surface area (Å²) >= 11 is 0. The van der Waals surface area contributed by atoms with E-state index in [1.807, 2.05) is 6.92 Å². The van der Waals surface area contributed by atoms with Crippen LogP contribution in [0.3, 0.4) is 0 Å². The Balaban J connectivity index is 1.23. The molecule has 0 unspecified atom stereocenters. The second-order valence-corrected chi connectivity index (χ2v) is 15.4. The van der Waals surface area contributed by atoms with Gasteiger partial charge in [-0.25, -0.2) is 13.4 Å². The first-order valence-electron chi connectivity index (χ1n) is 19.4.